The summed E-state index contributed by atoms with van der Waals surface area (Å²) in [5.74, 6) is 0. The molecular formula is C11H17N3O5. The highest BCUT2D eigenvalue weighted by Crippen LogP contribution is 2.10. The van der Waals surface area contributed by atoms with Gasteiger partial charge in [0, 0.05) is 13.7 Å². The second-order valence-corrected chi connectivity index (χ2v) is 4.07. The minimum atomic E-state index is -0.878. The van der Waals surface area contributed by atoms with E-state index in [1.54, 1.807) is 0 Å². The molecule has 0 atom stereocenters. The number of aromatic nitrogens is 2. The lowest BCUT2D eigenvalue weighted by atomic mass is 10.3. The van der Waals surface area contributed by atoms with Gasteiger partial charge in [-0.25, -0.2) is 4.79 Å². The average Bonchev–Trinajstić information content (AvgIpc) is 2.34. The van der Waals surface area contributed by atoms with Gasteiger partial charge in [-0.1, -0.05) is 6.92 Å². The summed E-state index contributed by atoms with van der Waals surface area (Å²) in [5.41, 5.74) is -1.87. The van der Waals surface area contributed by atoms with Crippen LogP contribution in [0.15, 0.2) is 9.59 Å². The summed E-state index contributed by atoms with van der Waals surface area (Å²) < 4.78 is 6.92. The van der Waals surface area contributed by atoms with Crippen molar-refractivity contribution in [1.82, 2.24) is 9.13 Å². The van der Waals surface area contributed by atoms with Gasteiger partial charge in [0.25, 0.3) is 0 Å². The molecule has 0 fully saturated rings. The lowest BCUT2D eigenvalue weighted by Gasteiger charge is -2.12. The standard InChI is InChI=1S/C11H17N3O5/c1-4-5-12-8(2)9(14(17)18)10(15)13(11(12)16)6-7-19-3/h4-7H2,1-3H3. The van der Waals surface area contributed by atoms with E-state index < -0.39 is 21.9 Å². The summed E-state index contributed by atoms with van der Waals surface area (Å²) >= 11 is 0. The van der Waals surface area contributed by atoms with Crippen molar-refractivity contribution in [1.29, 1.82) is 0 Å². The van der Waals surface area contributed by atoms with Gasteiger partial charge in [0.05, 0.1) is 18.1 Å². The van der Waals surface area contributed by atoms with Crippen molar-refractivity contribution in [3.63, 3.8) is 0 Å². The molecule has 8 nitrogen and oxygen atoms in total. The second kappa shape index (κ2) is 6.28. The Bertz CT molecular complexity index is 587. The van der Waals surface area contributed by atoms with Crippen LogP contribution in [0.25, 0.3) is 0 Å². The Kier molecular flexibility index (Phi) is 4.99. The number of nitro groups is 1. The minimum absolute atomic E-state index is 0.000991. The van der Waals surface area contributed by atoms with Crippen LogP contribution in [-0.2, 0) is 17.8 Å². The smallest absolute Gasteiger partial charge is 0.353 e. The van der Waals surface area contributed by atoms with E-state index in [0.29, 0.717) is 13.0 Å². The molecule has 0 aliphatic heterocycles. The number of hydrogen-bond acceptors (Lipinski definition) is 5. The molecule has 0 saturated heterocycles. The highest BCUT2D eigenvalue weighted by Gasteiger charge is 2.24. The number of ether oxygens (including phenoxy) is 1. The van der Waals surface area contributed by atoms with Crippen LogP contribution in [0.1, 0.15) is 19.0 Å². The quantitative estimate of drug-likeness (QED) is 0.547. The Morgan fingerprint density at radius 2 is 1.89 bits per heavy atom. The van der Waals surface area contributed by atoms with Crippen molar-refractivity contribution in [2.45, 2.75) is 33.4 Å². The number of nitrogens with zero attached hydrogens (tertiary/aromatic N) is 3. The zero-order valence-corrected chi connectivity index (χ0v) is 11.2. The molecule has 0 unspecified atom stereocenters. The maximum atomic E-state index is 12.1. The first-order valence-corrected chi connectivity index (χ1v) is 5.93. The summed E-state index contributed by atoms with van der Waals surface area (Å²) in [5, 5.41) is 11.0. The van der Waals surface area contributed by atoms with Crippen molar-refractivity contribution < 1.29 is 9.66 Å². The zero-order chi connectivity index (χ0) is 14.6. The number of methoxy groups -OCH3 is 1. The van der Waals surface area contributed by atoms with Gasteiger partial charge < -0.3 is 4.74 Å². The first-order valence-electron chi connectivity index (χ1n) is 5.93. The monoisotopic (exact) mass is 271 g/mol. The first-order chi connectivity index (χ1) is 8.95. The summed E-state index contributed by atoms with van der Waals surface area (Å²) in [6.07, 6.45) is 0.639. The molecule has 0 spiro atoms. The van der Waals surface area contributed by atoms with Crippen LogP contribution in [0.5, 0.6) is 0 Å². The van der Waals surface area contributed by atoms with E-state index in [0.717, 1.165) is 4.57 Å². The number of rotatable bonds is 6. The van der Waals surface area contributed by atoms with Crippen molar-refractivity contribution in [2.75, 3.05) is 13.7 Å². The molecule has 0 N–H and O–H groups in total. The molecular weight excluding hydrogens is 254 g/mol. The fourth-order valence-corrected chi connectivity index (χ4v) is 1.86. The van der Waals surface area contributed by atoms with Crippen LogP contribution in [0.2, 0.25) is 0 Å². The van der Waals surface area contributed by atoms with Gasteiger partial charge in [0.15, 0.2) is 0 Å². The topological polar surface area (TPSA) is 96.4 Å². The van der Waals surface area contributed by atoms with Crippen molar-refractivity contribution >= 4 is 5.69 Å². The van der Waals surface area contributed by atoms with Crippen LogP contribution in [0, 0.1) is 17.0 Å². The third-order valence-corrected chi connectivity index (χ3v) is 2.81. The molecule has 1 aromatic heterocycles. The summed E-state index contributed by atoms with van der Waals surface area (Å²) in [7, 11) is 1.43. The van der Waals surface area contributed by atoms with Crippen LogP contribution >= 0.6 is 0 Å². The predicted molar refractivity (Wildman–Crippen MR) is 68.5 cm³/mol. The second-order valence-electron chi connectivity index (χ2n) is 4.07. The van der Waals surface area contributed by atoms with E-state index in [1.807, 2.05) is 6.92 Å². The van der Waals surface area contributed by atoms with E-state index in [1.165, 1.54) is 18.6 Å². The van der Waals surface area contributed by atoms with Crippen molar-refractivity contribution in [2.24, 2.45) is 0 Å². The fraction of sp³-hybridized carbons (Fsp3) is 0.636. The van der Waals surface area contributed by atoms with Crippen molar-refractivity contribution in [3.05, 3.63) is 36.6 Å². The van der Waals surface area contributed by atoms with E-state index >= 15 is 0 Å². The Balaban J connectivity index is 3.59. The summed E-state index contributed by atoms with van der Waals surface area (Å²) in [6.45, 7) is 3.73. The molecule has 1 heterocycles. The van der Waals surface area contributed by atoms with Crippen LogP contribution in [-0.4, -0.2) is 27.8 Å². The fourth-order valence-electron chi connectivity index (χ4n) is 1.86. The third-order valence-electron chi connectivity index (χ3n) is 2.81. The Morgan fingerprint density at radius 1 is 1.26 bits per heavy atom. The predicted octanol–water partition coefficient (Wildman–Crippen LogP) is 0.283. The SMILES string of the molecule is CCCn1c(C)c([N+](=O)[O-])c(=O)n(CCOC)c1=O. The van der Waals surface area contributed by atoms with Gasteiger partial charge in [-0.05, 0) is 13.3 Å². The third kappa shape index (κ3) is 2.90. The zero-order valence-electron chi connectivity index (χ0n) is 11.2. The Morgan fingerprint density at radius 3 is 2.37 bits per heavy atom. The molecule has 106 valence electrons. The summed E-state index contributed by atoms with van der Waals surface area (Å²) in [6, 6.07) is 0. The average molecular weight is 271 g/mol. The van der Waals surface area contributed by atoms with E-state index in [9.17, 15) is 19.7 Å². The lowest BCUT2D eigenvalue weighted by Crippen LogP contribution is -2.42. The van der Waals surface area contributed by atoms with Gasteiger partial charge >= 0.3 is 16.9 Å². The van der Waals surface area contributed by atoms with E-state index in [-0.39, 0.29) is 18.8 Å². The Labute approximate surface area is 109 Å². The van der Waals surface area contributed by atoms with E-state index in [2.05, 4.69) is 0 Å². The molecule has 0 aliphatic rings. The van der Waals surface area contributed by atoms with Crippen LogP contribution in [0.3, 0.4) is 0 Å². The molecule has 0 amide bonds. The highest BCUT2D eigenvalue weighted by molar-refractivity contribution is 5.31. The molecule has 8 heteroatoms. The number of hydrogen-bond donors (Lipinski definition) is 0. The molecule has 0 bridgehead atoms. The molecule has 1 aromatic rings. The van der Waals surface area contributed by atoms with Crippen molar-refractivity contribution in [3.8, 4) is 0 Å². The molecule has 0 radical (unpaired) electrons. The normalized spacial score (nSPS) is 10.7. The highest BCUT2D eigenvalue weighted by atomic mass is 16.6. The van der Waals surface area contributed by atoms with Gasteiger partial charge in [0.2, 0.25) is 0 Å². The summed E-state index contributed by atoms with van der Waals surface area (Å²) in [4.78, 5) is 34.3. The largest absolute Gasteiger partial charge is 0.383 e. The van der Waals surface area contributed by atoms with Gasteiger partial charge in [-0.3, -0.25) is 24.0 Å². The molecule has 0 aromatic carbocycles. The minimum Gasteiger partial charge on any atom is -0.383 e. The van der Waals surface area contributed by atoms with Gasteiger partial charge in [-0.15, -0.1) is 0 Å². The first kappa shape index (κ1) is 15.1. The molecule has 0 saturated carbocycles. The van der Waals surface area contributed by atoms with Gasteiger partial charge in [-0.2, -0.15) is 0 Å². The molecule has 1 rings (SSSR count). The van der Waals surface area contributed by atoms with Gasteiger partial charge in [0.1, 0.15) is 5.69 Å². The maximum absolute atomic E-state index is 12.1. The van der Waals surface area contributed by atoms with Crippen LogP contribution < -0.4 is 11.2 Å². The lowest BCUT2D eigenvalue weighted by molar-refractivity contribution is -0.387. The molecule has 19 heavy (non-hydrogen) atoms. The van der Waals surface area contributed by atoms with Crippen LogP contribution in [0.4, 0.5) is 5.69 Å². The Hall–Kier alpha value is -1.96. The van der Waals surface area contributed by atoms with E-state index in [4.69, 9.17) is 4.74 Å². The molecule has 0 aliphatic carbocycles. The maximum Gasteiger partial charge on any atom is 0.353 e.